The number of benzene rings is 2. The van der Waals surface area contributed by atoms with Crippen molar-refractivity contribution in [2.75, 3.05) is 13.2 Å². The molecule has 2 aromatic carbocycles. The summed E-state index contributed by atoms with van der Waals surface area (Å²) in [5.41, 5.74) is 0. The SMILES string of the molecule is CCOc1ccc2cccc(OCC)c2c1. The van der Waals surface area contributed by atoms with E-state index in [0.717, 1.165) is 16.9 Å². The lowest BCUT2D eigenvalue weighted by atomic mass is 10.1. The first-order valence-electron chi connectivity index (χ1n) is 5.63. The smallest absolute Gasteiger partial charge is 0.127 e. The van der Waals surface area contributed by atoms with Crippen molar-refractivity contribution in [3.63, 3.8) is 0 Å². The van der Waals surface area contributed by atoms with Crippen LogP contribution < -0.4 is 9.47 Å². The average molecular weight is 216 g/mol. The fourth-order valence-corrected chi connectivity index (χ4v) is 1.76. The molecule has 0 aromatic heterocycles. The third-order valence-corrected chi connectivity index (χ3v) is 2.42. The lowest BCUT2D eigenvalue weighted by Crippen LogP contribution is -1.94. The monoisotopic (exact) mass is 216 g/mol. The first-order chi connectivity index (χ1) is 7.85. The maximum Gasteiger partial charge on any atom is 0.127 e. The Kier molecular flexibility index (Phi) is 3.30. The van der Waals surface area contributed by atoms with Crippen LogP contribution in [0.4, 0.5) is 0 Å². The van der Waals surface area contributed by atoms with Gasteiger partial charge in [0.1, 0.15) is 11.5 Å². The van der Waals surface area contributed by atoms with E-state index in [4.69, 9.17) is 9.47 Å². The van der Waals surface area contributed by atoms with E-state index in [2.05, 4.69) is 12.1 Å². The zero-order chi connectivity index (χ0) is 11.4. The van der Waals surface area contributed by atoms with Crippen LogP contribution in [0.3, 0.4) is 0 Å². The van der Waals surface area contributed by atoms with E-state index in [-0.39, 0.29) is 0 Å². The van der Waals surface area contributed by atoms with Gasteiger partial charge in [-0.05, 0) is 37.4 Å². The van der Waals surface area contributed by atoms with Crippen molar-refractivity contribution in [3.05, 3.63) is 36.4 Å². The fraction of sp³-hybridized carbons (Fsp3) is 0.286. The van der Waals surface area contributed by atoms with Crippen molar-refractivity contribution in [2.45, 2.75) is 13.8 Å². The second-order valence-electron chi connectivity index (χ2n) is 3.51. The number of hydrogen-bond acceptors (Lipinski definition) is 2. The van der Waals surface area contributed by atoms with Crippen LogP contribution in [-0.4, -0.2) is 13.2 Å². The minimum atomic E-state index is 0.679. The third-order valence-electron chi connectivity index (χ3n) is 2.42. The Morgan fingerprint density at radius 2 is 1.75 bits per heavy atom. The molecule has 0 aliphatic rings. The van der Waals surface area contributed by atoms with Crippen molar-refractivity contribution < 1.29 is 9.47 Å². The Bertz CT molecular complexity index is 477. The van der Waals surface area contributed by atoms with E-state index < -0.39 is 0 Å². The van der Waals surface area contributed by atoms with Crippen LogP contribution in [-0.2, 0) is 0 Å². The molecule has 0 aliphatic carbocycles. The van der Waals surface area contributed by atoms with Gasteiger partial charge in [0, 0.05) is 5.39 Å². The number of fused-ring (bicyclic) bond motifs is 1. The molecule has 0 aliphatic heterocycles. The molecule has 0 fully saturated rings. The Hall–Kier alpha value is -1.70. The molecule has 0 saturated heterocycles. The van der Waals surface area contributed by atoms with Gasteiger partial charge in [0.2, 0.25) is 0 Å². The van der Waals surface area contributed by atoms with Gasteiger partial charge < -0.3 is 9.47 Å². The summed E-state index contributed by atoms with van der Waals surface area (Å²) in [6.45, 7) is 5.34. The molecule has 0 amide bonds. The summed E-state index contributed by atoms with van der Waals surface area (Å²) in [4.78, 5) is 0. The van der Waals surface area contributed by atoms with Crippen LogP contribution >= 0.6 is 0 Å². The summed E-state index contributed by atoms with van der Waals surface area (Å²) < 4.78 is 11.1. The molecule has 0 atom stereocenters. The van der Waals surface area contributed by atoms with Gasteiger partial charge in [0.15, 0.2) is 0 Å². The highest BCUT2D eigenvalue weighted by Gasteiger charge is 2.02. The molecule has 0 N–H and O–H groups in total. The zero-order valence-corrected chi connectivity index (χ0v) is 9.69. The molecule has 2 aromatic rings. The van der Waals surface area contributed by atoms with Crippen molar-refractivity contribution >= 4 is 10.8 Å². The molecule has 0 spiro atoms. The molecule has 2 rings (SSSR count). The summed E-state index contributed by atoms with van der Waals surface area (Å²) in [7, 11) is 0. The van der Waals surface area contributed by atoms with Crippen molar-refractivity contribution in [2.24, 2.45) is 0 Å². The number of hydrogen-bond donors (Lipinski definition) is 0. The van der Waals surface area contributed by atoms with Crippen molar-refractivity contribution in [1.29, 1.82) is 0 Å². The Morgan fingerprint density at radius 1 is 0.938 bits per heavy atom. The number of rotatable bonds is 4. The minimum Gasteiger partial charge on any atom is -0.494 e. The third kappa shape index (κ3) is 2.11. The second-order valence-corrected chi connectivity index (χ2v) is 3.51. The highest BCUT2D eigenvalue weighted by atomic mass is 16.5. The highest BCUT2D eigenvalue weighted by molar-refractivity contribution is 5.89. The first-order valence-corrected chi connectivity index (χ1v) is 5.63. The highest BCUT2D eigenvalue weighted by Crippen LogP contribution is 2.29. The van der Waals surface area contributed by atoms with Gasteiger partial charge in [-0.1, -0.05) is 18.2 Å². The van der Waals surface area contributed by atoms with E-state index in [1.54, 1.807) is 0 Å². The summed E-state index contributed by atoms with van der Waals surface area (Å²) in [5, 5.41) is 2.28. The molecule has 0 saturated carbocycles. The predicted octanol–water partition coefficient (Wildman–Crippen LogP) is 3.64. The van der Waals surface area contributed by atoms with Gasteiger partial charge in [-0.25, -0.2) is 0 Å². The van der Waals surface area contributed by atoms with E-state index in [1.807, 2.05) is 38.1 Å². The van der Waals surface area contributed by atoms with Crippen LogP contribution in [0.25, 0.3) is 10.8 Å². The van der Waals surface area contributed by atoms with Gasteiger partial charge >= 0.3 is 0 Å². The van der Waals surface area contributed by atoms with E-state index in [0.29, 0.717) is 13.2 Å². The molecule has 0 bridgehead atoms. The first kappa shape index (κ1) is 10.8. The van der Waals surface area contributed by atoms with Gasteiger partial charge in [0.25, 0.3) is 0 Å². The topological polar surface area (TPSA) is 18.5 Å². The fourth-order valence-electron chi connectivity index (χ4n) is 1.76. The zero-order valence-electron chi connectivity index (χ0n) is 9.69. The summed E-state index contributed by atoms with van der Waals surface area (Å²) in [6, 6.07) is 12.1. The average Bonchev–Trinajstić information content (AvgIpc) is 2.31. The Morgan fingerprint density at radius 3 is 2.50 bits per heavy atom. The predicted molar refractivity (Wildman–Crippen MR) is 66.3 cm³/mol. The lowest BCUT2D eigenvalue weighted by molar-refractivity contribution is 0.338. The molecule has 0 unspecified atom stereocenters. The van der Waals surface area contributed by atoms with Gasteiger partial charge in [-0.2, -0.15) is 0 Å². The van der Waals surface area contributed by atoms with Gasteiger partial charge in [-0.3, -0.25) is 0 Å². The summed E-state index contributed by atoms with van der Waals surface area (Å²) >= 11 is 0. The maximum absolute atomic E-state index is 5.60. The molecule has 84 valence electrons. The Balaban J connectivity index is 2.50. The van der Waals surface area contributed by atoms with Crippen molar-refractivity contribution in [1.82, 2.24) is 0 Å². The van der Waals surface area contributed by atoms with Crippen LogP contribution in [0.2, 0.25) is 0 Å². The summed E-state index contributed by atoms with van der Waals surface area (Å²) in [5.74, 6) is 1.81. The summed E-state index contributed by atoms with van der Waals surface area (Å²) in [6.07, 6.45) is 0. The molecule has 2 nitrogen and oxygen atoms in total. The maximum atomic E-state index is 5.60. The second kappa shape index (κ2) is 4.88. The lowest BCUT2D eigenvalue weighted by Gasteiger charge is -2.09. The molecular weight excluding hydrogens is 200 g/mol. The molecule has 16 heavy (non-hydrogen) atoms. The standard InChI is InChI=1S/C14H16O2/c1-3-15-12-9-8-11-6-5-7-14(16-4-2)13(11)10-12/h5-10H,3-4H2,1-2H3. The van der Waals surface area contributed by atoms with Crippen LogP contribution in [0.5, 0.6) is 11.5 Å². The normalized spacial score (nSPS) is 10.4. The Labute approximate surface area is 95.8 Å². The van der Waals surface area contributed by atoms with Crippen LogP contribution in [0.15, 0.2) is 36.4 Å². The molecule has 2 heteroatoms. The van der Waals surface area contributed by atoms with Gasteiger partial charge in [-0.15, -0.1) is 0 Å². The van der Waals surface area contributed by atoms with Crippen molar-refractivity contribution in [3.8, 4) is 11.5 Å². The van der Waals surface area contributed by atoms with E-state index in [9.17, 15) is 0 Å². The minimum absolute atomic E-state index is 0.679. The van der Waals surface area contributed by atoms with E-state index in [1.165, 1.54) is 5.39 Å². The quantitative estimate of drug-likeness (QED) is 0.776. The van der Waals surface area contributed by atoms with Gasteiger partial charge in [0.05, 0.1) is 13.2 Å². The molecule has 0 heterocycles. The largest absolute Gasteiger partial charge is 0.494 e. The molecular formula is C14H16O2. The number of ether oxygens (including phenoxy) is 2. The molecule has 0 radical (unpaired) electrons. The van der Waals surface area contributed by atoms with E-state index >= 15 is 0 Å². The van der Waals surface area contributed by atoms with Crippen LogP contribution in [0, 0.1) is 0 Å². The van der Waals surface area contributed by atoms with Crippen LogP contribution in [0.1, 0.15) is 13.8 Å².